The number of carbonyl (C=O) groups is 1. The van der Waals surface area contributed by atoms with Gasteiger partial charge in [-0.15, -0.1) is 0 Å². The average molecular weight is 450 g/mol. The molecule has 162 valence electrons. The van der Waals surface area contributed by atoms with Gasteiger partial charge in [0.1, 0.15) is 16.6 Å². The Bertz CT molecular complexity index is 1360. The van der Waals surface area contributed by atoms with Crippen molar-refractivity contribution in [3.05, 3.63) is 81.9 Å². The molecule has 0 N–H and O–H groups in total. The lowest BCUT2D eigenvalue weighted by Crippen LogP contribution is -2.49. The van der Waals surface area contributed by atoms with Gasteiger partial charge in [-0.05, 0) is 19.1 Å². The van der Waals surface area contributed by atoms with Crippen LogP contribution in [0.1, 0.15) is 15.9 Å². The highest BCUT2D eigenvalue weighted by Crippen LogP contribution is 2.26. The topological polar surface area (TPSA) is 70.8 Å². The van der Waals surface area contributed by atoms with Crippen molar-refractivity contribution in [1.29, 1.82) is 0 Å². The molecule has 0 radical (unpaired) electrons. The summed E-state index contributed by atoms with van der Waals surface area (Å²) < 4.78 is 15.3. The zero-order chi connectivity index (χ0) is 22.2. The third-order valence-corrected chi connectivity index (χ3v) is 6.48. The van der Waals surface area contributed by atoms with Crippen molar-refractivity contribution in [2.75, 3.05) is 31.1 Å². The second kappa shape index (κ2) is 8.16. The van der Waals surface area contributed by atoms with Gasteiger partial charge in [-0.1, -0.05) is 53.3 Å². The molecule has 2 aromatic carbocycles. The Morgan fingerprint density at radius 3 is 2.47 bits per heavy atom. The first-order valence-electron chi connectivity index (χ1n) is 10.3. The van der Waals surface area contributed by atoms with Crippen LogP contribution in [0.5, 0.6) is 0 Å². The molecule has 1 aliphatic heterocycles. The molecule has 0 atom stereocenters. The maximum absolute atomic E-state index is 14.0. The number of anilines is 1. The molecule has 1 amide bonds. The molecular formula is C23H20FN5O2S. The fourth-order valence-electron chi connectivity index (χ4n) is 3.72. The lowest BCUT2D eigenvalue weighted by molar-refractivity contribution is 0.0742. The Labute approximate surface area is 187 Å². The smallest absolute Gasteiger partial charge is 0.277 e. The fourth-order valence-corrected chi connectivity index (χ4v) is 4.62. The number of aromatic nitrogens is 3. The third kappa shape index (κ3) is 3.75. The van der Waals surface area contributed by atoms with Crippen LogP contribution in [0.15, 0.2) is 59.4 Å². The first-order chi connectivity index (χ1) is 15.5. The Morgan fingerprint density at radius 2 is 1.75 bits per heavy atom. The standard InChI is InChI=1S/C23H20FN5O2S/c1-15-6-8-16(9-7-15)21-26-29-20(30)14-19(25-23(29)32-21)27-10-12-28(13-11-27)22(31)17-4-2-3-5-18(17)24/h2-9,14H,10-13H2,1H3. The van der Waals surface area contributed by atoms with Crippen LogP contribution in [0.2, 0.25) is 0 Å². The summed E-state index contributed by atoms with van der Waals surface area (Å²) in [7, 11) is 0. The highest BCUT2D eigenvalue weighted by Gasteiger charge is 2.25. The number of nitrogens with zero attached hydrogens (tertiary/aromatic N) is 5. The van der Waals surface area contributed by atoms with E-state index in [0.717, 1.165) is 16.1 Å². The quantitative estimate of drug-likeness (QED) is 0.480. The number of aryl methyl sites for hydroxylation is 1. The zero-order valence-electron chi connectivity index (χ0n) is 17.4. The molecule has 0 saturated carbocycles. The summed E-state index contributed by atoms with van der Waals surface area (Å²) in [5, 5.41) is 5.16. The normalized spacial score (nSPS) is 14.2. The second-order valence-electron chi connectivity index (χ2n) is 7.68. The van der Waals surface area contributed by atoms with Crippen molar-refractivity contribution in [2.45, 2.75) is 6.92 Å². The average Bonchev–Trinajstić information content (AvgIpc) is 3.24. The molecule has 0 spiro atoms. The van der Waals surface area contributed by atoms with Gasteiger partial charge in [-0.3, -0.25) is 9.59 Å². The SMILES string of the molecule is Cc1ccc(-c2nn3c(=O)cc(N4CCN(C(=O)c5ccccc5F)CC4)nc3s2)cc1. The number of piperazine rings is 1. The van der Waals surface area contributed by atoms with Crippen molar-refractivity contribution in [2.24, 2.45) is 0 Å². The number of fused-ring (bicyclic) bond motifs is 1. The number of benzene rings is 2. The zero-order valence-corrected chi connectivity index (χ0v) is 18.2. The molecule has 32 heavy (non-hydrogen) atoms. The third-order valence-electron chi connectivity index (χ3n) is 5.53. The van der Waals surface area contributed by atoms with E-state index in [4.69, 9.17) is 0 Å². The van der Waals surface area contributed by atoms with E-state index in [1.54, 1.807) is 17.0 Å². The summed E-state index contributed by atoms with van der Waals surface area (Å²) in [6, 6.07) is 15.4. The van der Waals surface area contributed by atoms with Gasteiger partial charge in [0.05, 0.1) is 5.56 Å². The molecular weight excluding hydrogens is 429 g/mol. The van der Waals surface area contributed by atoms with Crippen LogP contribution >= 0.6 is 11.3 Å². The molecule has 1 fully saturated rings. The first-order valence-corrected chi connectivity index (χ1v) is 11.1. The summed E-state index contributed by atoms with van der Waals surface area (Å²) in [5.41, 5.74) is 1.92. The minimum atomic E-state index is -0.519. The molecule has 0 bridgehead atoms. The first kappa shape index (κ1) is 20.3. The van der Waals surface area contributed by atoms with Crippen molar-refractivity contribution in [1.82, 2.24) is 19.5 Å². The van der Waals surface area contributed by atoms with Crippen LogP contribution in [-0.2, 0) is 0 Å². The molecule has 7 nitrogen and oxygen atoms in total. The highest BCUT2D eigenvalue weighted by molar-refractivity contribution is 7.19. The van der Waals surface area contributed by atoms with Crippen LogP contribution in [0.25, 0.3) is 15.5 Å². The number of rotatable bonds is 3. The predicted octanol–water partition coefficient (Wildman–Crippen LogP) is 3.23. The van der Waals surface area contributed by atoms with E-state index in [-0.39, 0.29) is 17.0 Å². The number of halogens is 1. The monoisotopic (exact) mass is 449 g/mol. The molecule has 4 aromatic rings. The largest absolute Gasteiger partial charge is 0.353 e. The van der Waals surface area contributed by atoms with Crippen molar-refractivity contribution in [3.8, 4) is 10.6 Å². The summed E-state index contributed by atoms with van der Waals surface area (Å²) in [5.74, 6) is -0.279. The van der Waals surface area contributed by atoms with Gasteiger partial charge in [0.2, 0.25) is 4.96 Å². The molecule has 2 aromatic heterocycles. The van der Waals surface area contributed by atoms with E-state index in [1.165, 1.54) is 34.1 Å². The highest BCUT2D eigenvalue weighted by atomic mass is 32.1. The number of carbonyl (C=O) groups excluding carboxylic acids is 1. The molecule has 1 aliphatic rings. The van der Waals surface area contributed by atoms with Crippen LogP contribution < -0.4 is 10.5 Å². The Hall–Kier alpha value is -3.59. The van der Waals surface area contributed by atoms with E-state index in [0.29, 0.717) is 37.0 Å². The maximum Gasteiger partial charge on any atom is 0.277 e. The number of hydrogen-bond donors (Lipinski definition) is 0. The second-order valence-corrected chi connectivity index (χ2v) is 8.64. The van der Waals surface area contributed by atoms with Crippen molar-refractivity contribution < 1.29 is 9.18 Å². The minimum absolute atomic E-state index is 0.0760. The van der Waals surface area contributed by atoms with Gasteiger partial charge < -0.3 is 9.80 Å². The fraction of sp³-hybridized carbons (Fsp3) is 0.217. The van der Waals surface area contributed by atoms with Crippen LogP contribution in [-0.4, -0.2) is 51.6 Å². The van der Waals surface area contributed by atoms with E-state index >= 15 is 0 Å². The molecule has 9 heteroatoms. The van der Waals surface area contributed by atoms with Crippen LogP contribution in [0.4, 0.5) is 10.2 Å². The van der Waals surface area contributed by atoms with Crippen LogP contribution in [0, 0.1) is 12.7 Å². The summed E-state index contributed by atoms with van der Waals surface area (Å²) in [6.45, 7) is 3.88. The van der Waals surface area contributed by atoms with E-state index in [1.807, 2.05) is 36.1 Å². The summed E-state index contributed by atoms with van der Waals surface area (Å²) in [4.78, 5) is 34.1. The van der Waals surface area contributed by atoms with Crippen molar-refractivity contribution in [3.63, 3.8) is 0 Å². The lowest BCUT2D eigenvalue weighted by Gasteiger charge is -2.35. The molecule has 3 heterocycles. The minimum Gasteiger partial charge on any atom is -0.353 e. The number of hydrogen-bond acceptors (Lipinski definition) is 6. The van der Waals surface area contributed by atoms with E-state index < -0.39 is 5.82 Å². The van der Waals surface area contributed by atoms with Gasteiger partial charge in [0.25, 0.3) is 11.5 Å². The number of amides is 1. The van der Waals surface area contributed by atoms with Gasteiger partial charge in [-0.25, -0.2) is 9.37 Å². The van der Waals surface area contributed by atoms with Crippen LogP contribution in [0.3, 0.4) is 0 Å². The maximum atomic E-state index is 14.0. The van der Waals surface area contributed by atoms with Crippen molar-refractivity contribution >= 4 is 28.0 Å². The van der Waals surface area contributed by atoms with Gasteiger partial charge in [0, 0.05) is 37.8 Å². The molecule has 0 aliphatic carbocycles. The molecule has 5 rings (SSSR count). The Morgan fingerprint density at radius 1 is 1.03 bits per heavy atom. The predicted molar refractivity (Wildman–Crippen MR) is 122 cm³/mol. The molecule has 1 saturated heterocycles. The molecule has 0 unspecified atom stereocenters. The Kier molecular flexibility index (Phi) is 5.18. The van der Waals surface area contributed by atoms with Gasteiger partial charge >= 0.3 is 0 Å². The van der Waals surface area contributed by atoms with E-state index in [2.05, 4.69) is 10.1 Å². The lowest BCUT2D eigenvalue weighted by atomic mass is 10.1. The van der Waals surface area contributed by atoms with Gasteiger partial charge in [0.15, 0.2) is 0 Å². The summed E-state index contributed by atoms with van der Waals surface area (Å²) in [6.07, 6.45) is 0. The Balaban J connectivity index is 1.35. The van der Waals surface area contributed by atoms with E-state index in [9.17, 15) is 14.0 Å². The summed E-state index contributed by atoms with van der Waals surface area (Å²) >= 11 is 1.36. The van der Waals surface area contributed by atoms with Gasteiger partial charge in [-0.2, -0.15) is 9.61 Å².